The fraction of sp³-hybridized carbons (Fsp3) is 0.391. The maximum Gasteiger partial charge on any atom is 0.264 e. The van der Waals surface area contributed by atoms with E-state index in [0.717, 1.165) is 38.8 Å². The van der Waals surface area contributed by atoms with Gasteiger partial charge in [0.1, 0.15) is 17.1 Å². The van der Waals surface area contributed by atoms with Gasteiger partial charge in [-0.1, -0.05) is 12.8 Å². The minimum atomic E-state index is -0.341. The molecular weight excluding hydrogens is 428 g/mol. The minimum Gasteiger partial charge on any atom is -0.497 e. The summed E-state index contributed by atoms with van der Waals surface area (Å²) in [6.07, 6.45) is 5.66. The van der Waals surface area contributed by atoms with E-state index in [0.29, 0.717) is 32.1 Å². The van der Waals surface area contributed by atoms with Crippen LogP contribution in [0.1, 0.15) is 40.9 Å². The molecule has 32 heavy (non-hydrogen) atoms. The van der Waals surface area contributed by atoms with E-state index in [4.69, 9.17) is 4.74 Å². The molecule has 1 N–H and O–H groups in total. The first-order chi connectivity index (χ1) is 15.5. The van der Waals surface area contributed by atoms with Gasteiger partial charge < -0.3 is 15.0 Å². The van der Waals surface area contributed by atoms with E-state index in [1.165, 1.54) is 22.2 Å². The summed E-state index contributed by atoms with van der Waals surface area (Å²) < 4.78 is 6.39. The third-order valence-electron chi connectivity index (χ3n) is 5.69. The van der Waals surface area contributed by atoms with Gasteiger partial charge in [0, 0.05) is 18.8 Å². The number of aryl methyl sites for hydroxylation is 1. The lowest BCUT2D eigenvalue weighted by Gasteiger charge is -2.19. The number of hydrogen-bond donors (Lipinski definition) is 1. The van der Waals surface area contributed by atoms with E-state index in [1.54, 1.807) is 38.3 Å². The smallest absolute Gasteiger partial charge is 0.264 e. The van der Waals surface area contributed by atoms with Gasteiger partial charge >= 0.3 is 0 Å². The number of fused-ring (bicyclic) bond motifs is 1. The van der Waals surface area contributed by atoms with E-state index in [9.17, 15) is 14.4 Å². The Morgan fingerprint density at radius 2 is 1.81 bits per heavy atom. The van der Waals surface area contributed by atoms with Crippen molar-refractivity contribution in [2.75, 3.05) is 25.5 Å². The number of methoxy groups -OCH3 is 1. The lowest BCUT2D eigenvalue weighted by atomic mass is 10.2. The summed E-state index contributed by atoms with van der Waals surface area (Å²) in [4.78, 5) is 46.0. The van der Waals surface area contributed by atoms with Gasteiger partial charge in [-0.15, -0.1) is 11.3 Å². The molecule has 0 radical (unpaired) electrons. The van der Waals surface area contributed by atoms with E-state index in [2.05, 4.69) is 10.3 Å². The summed E-state index contributed by atoms with van der Waals surface area (Å²) in [5, 5.41) is 3.17. The number of likely N-dealkylation sites (tertiary alicyclic amines) is 1. The van der Waals surface area contributed by atoms with Gasteiger partial charge in [-0.05, 0) is 49.6 Å². The highest BCUT2D eigenvalue weighted by atomic mass is 32.1. The SMILES string of the molecule is COc1ccc(NC(=O)Cn2cnc3sc(C(=O)N4CCCCCC4)c(C)c3c2=O)cc1. The van der Waals surface area contributed by atoms with Gasteiger partial charge in [0.2, 0.25) is 5.91 Å². The van der Waals surface area contributed by atoms with Crippen LogP contribution in [0.2, 0.25) is 0 Å². The lowest BCUT2D eigenvalue weighted by molar-refractivity contribution is -0.116. The van der Waals surface area contributed by atoms with Crippen LogP contribution in [0.3, 0.4) is 0 Å². The normalized spacial score (nSPS) is 14.2. The molecule has 4 rings (SSSR count). The van der Waals surface area contributed by atoms with E-state index < -0.39 is 0 Å². The van der Waals surface area contributed by atoms with Crippen molar-refractivity contribution in [3.05, 3.63) is 51.4 Å². The second-order valence-electron chi connectivity index (χ2n) is 7.90. The number of rotatable bonds is 5. The van der Waals surface area contributed by atoms with Crippen LogP contribution in [0.15, 0.2) is 35.4 Å². The molecule has 0 unspecified atom stereocenters. The van der Waals surface area contributed by atoms with Gasteiger partial charge in [-0.3, -0.25) is 19.0 Å². The molecule has 2 aromatic heterocycles. The molecule has 1 fully saturated rings. The summed E-state index contributed by atoms with van der Waals surface area (Å²) in [5.41, 5.74) is 0.931. The van der Waals surface area contributed by atoms with Crippen LogP contribution < -0.4 is 15.6 Å². The number of anilines is 1. The Morgan fingerprint density at radius 3 is 2.47 bits per heavy atom. The number of thiophene rings is 1. The number of nitrogens with one attached hydrogen (secondary N) is 1. The van der Waals surface area contributed by atoms with Crippen molar-refractivity contribution in [2.24, 2.45) is 0 Å². The predicted molar refractivity (Wildman–Crippen MR) is 125 cm³/mol. The Kier molecular flexibility index (Phi) is 6.55. The van der Waals surface area contributed by atoms with Gasteiger partial charge in [0.15, 0.2) is 0 Å². The molecule has 0 atom stereocenters. The number of carbonyl (C=O) groups is 2. The Hall–Kier alpha value is -3.20. The highest BCUT2D eigenvalue weighted by molar-refractivity contribution is 7.20. The van der Waals surface area contributed by atoms with E-state index >= 15 is 0 Å². The molecule has 3 aromatic rings. The minimum absolute atomic E-state index is 0.0319. The number of carbonyl (C=O) groups excluding carboxylic acids is 2. The van der Waals surface area contributed by atoms with Gasteiger partial charge in [0.25, 0.3) is 11.5 Å². The maximum atomic E-state index is 13.1. The van der Waals surface area contributed by atoms with E-state index in [1.807, 2.05) is 4.90 Å². The molecule has 1 aliphatic heterocycles. The van der Waals surface area contributed by atoms with Crippen LogP contribution >= 0.6 is 11.3 Å². The molecular formula is C23H26N4O4S. The number of benzene rings is 1. The third-order valence-corrected chi connectivity index (χ3v) is 6.88. The van der Waals surface area contributed by atoms with Crippen LogP contribution in [0.5, 0.6) is 5.75 Å². The van der Waals surface area contributed by atoms with Crippen molar-refractivity contribution in [1.29, 1.82) is 0 Å². The maximum absolute atomic E-state index is 13.1. The standard InChI is InChI=1S/C23H26N4O4S/c1-15-19-21(32-20(15)23(30)26-11-5-3-4-6-12-26)24-14-27(22(19)29)13-18(28)25-16-7-9-17(31-2)10-8-16/h7-10,14H,3-6,11-13H2,1-2H3,(H,25,28). The lowest BCUT2D eigenvalue weighted by Crippen LogP contribution is -2.31. The Bertz CT molecular complexity index is 1190. The van der Waals surface area contributed by atoms with Gasteiger partial charge in [-0.25, -0.2) is 4.98 Å². The summed E-state index contributed by atoms with van der Waals surface area (Å²) in [6, 6.07) is 6.94. The molecule has 0 bridgehead atoms. The molecule has 1 saturated heterocycles. The summed E-state index contributed by atoms with van der Waals surface area (Å²) in [7, 11) is 1.57. The quantitative estimate of drug-likeness (QED) is 0.638. The monoisotopic (exact) mass is 454 g/mol. The second kappa shape index (κ2) is 9.52. The van der Waals surface area contributed by atoms with Crippen LogP contribution in [0.4, 0.5) is 5.69 Å². The van der Waals surface area contributed by atoms with Crippen LogP contribution in [-0.4, -0.2) is 46.5 Å². The molecule has 0 spiro atoms. The van der Waals surface area contributed by atoms with Crippen molar-refractivity contribution in [3.8, 4) is 5.75 Å². The number of hydrogen-bond acceptors (Lipinski definition) is 6. The topological polar surface area (TPSA) is 93.5 Å². The molecule has 1 aliphatic rings. The van der Waals surface area contributed by atoms with Crippen molar-refractivity contribution >= 4 is 39.1 Å². The molecule has 168 valence electrons. The predicted octanol–water partition coefficient (Wildman–Crippen LogP) is 3.43. The molecule has 8 nitrogen and oxygen atoms in total. The van der Waals surface area contributed by atoms with E-state index in [-0.39, 0.29) is 23.9 Å². The largest absolute Gasteiger partial charge is 0.497 e. The summed E-state index contributed by atoms with van der Waals surface area (Å²) in [5.74, 6) is 0.315. The van der Waals surface area contributed by atoms with Crippen molar-refractivity contribution in [2.45, 2.75) is 39.2 Å². The second-order valence-corrected chi connectivity index (χ2v) is 8.90. The third kappa shape index (κ3) is 4.52. The molecule has 0 saturated carbocycles. The number of amides is 2. The zero-order valence-corrected chi connectivity index (χ0v) is 19.0. The molecule has 1 aromatic carbocycles. The van der Waals surface area contributed by atoms with Crippen molar-refractivity contribution in [1.82, 2.24) is 14.5 Å². The summed E-state index contributed by atoms with van der Waals surface area (Å²) >= 11 is 1.25. The van der Waals surface area contributed by atoms with Crippen LogP contribution in [0.25, 0.3) is 10.2 Å². The highest BCUT2D eigenvalue weighted by Crippen LogP contribution is 2.28. The van der Waals surface area contributed by atoms with Gasteiger partial charge in [-0.2, -0.15) is 0 Å². The average molecular weight is 455 g/mol. The number of nitrogens with zero attached hydrogens (tertiary/aromatic N) is 3. The Morgan fingerprint density at radius 1 is 1.12 bits per heavy atom. The average Bonchev–Trinajstić information content (AvgIpc) is 2.95. The zero-order chi connectivity index (χ0) is 22.7. The highest BCUT2D eigenvalue weighted by Gasteiger charge is 2.24. The van der Waals surface area contributed by atoms with Gasteiger partial charge in [0.05, 0.1) is 23.7 Å². The van der Waals surface area contributed by atoms with Crippen LogP contribution in [0, 0.1) is 6.92 Å². The fourth-order valence-electron chi connectivity index (χ4n) is 3.92. The first kappa shape index (κ1) is 22.0. The van der Waals surface area contributed by atoms with Crippen molar-refractivity contribution < 1.29 is 14.3 Å². The molecule has 3 heterocycles. The summed E-state index contributed by atoms with van der Waals surface area (Å²) in [6.45, 7) is 3.11. The number of ether oxygens (including phenoxy) is 1. The Balaban J connectivity index is 1.55. The Labute approximate surface area is 189 Å². The molecule has 2 amide bonds. The van der Waals surface area contributed by atoms with Crippen molar-refractivity contribution in [3.63, 3.8) is 0 Å². The zero-order valence-electron chi connectivity index (χ0n) is 18.2. The van der Waals surface area contributed by atoms with Crippen LogP contribution in [-0.2, 0) is 11.3 Å². The fourth-order valence-corrected chi connectivity index (χ4v) is 5.03. The first-order valence-corrected chi connectivity index (χ1v) is 11.5. The molecule has 9 heteroatoms. The first-order valence-electron chi connectivity index (χ1n) is 10.7. The molecule has 0 aliphatic carbocycles. The number of aromatic nitrogens is 2.